The fourth-order valence-electron chi connectivity index (χ4n) is 6.62. The molecule has 4 heterocycles. The fraction of sp³-hybridized carbons (Fsp3) is 0.591. The van der Waals surface area contributed by atoms with E-state index in [-0.39, 0.29) is 18.0 Å². The van der Waals surface area contributed by atoms with Crippen LogP contribution >= 0.6 is 0 Å². The molecule has 1 saturated carbocycles. The van der Waals surface area contributed by atoms with Crippen molar-refractivity contribution in [3.63, 3.8) is 0 Å². The number of esters is 1. The minimum absolute atomic E-state index is 0.128. The van der Waals surface area contributed by atoms with E-state index in [4.69, 9.17) is 4.74 Å². The van der Waals surface area contributed by atoms with E-state index >= 15 is 0 Å². The SMILES string of the molecule is COC(=O)CC12CC3CC(CCO)C1N(CCc1c2[nH]c2ccccc12)C3. The maximum atomic E-state index is 12.5. The standard InChI is InChI=1S/C22H28N2O3/c1-27-19(26)12-22-11-14-10-15(7-9-25)21(22)24(13-14)8-6-17-16-4-2-3-5-18(16)23-20(17)22/h2-5,14-15,21,23,25H,6-13H2,1H3. The molecule has 6 rings (SSSR count). The van der Waals surface area contributed by atoms with Gasteiger partial charge in [-0.25, -0.2) is 0 Å². The number of para-hydroxylation sites is 1. The molecule has 4 aliphatic rings. The van der Waals surface area contributed by atoms with Crippen molar-refractivity contribution in [2.75, 3.05) is 26.8 Å². The average Bonchev–Trinajstić information content (AvgIpc) is 3.02. The third kappa shape index (κ3) is 2.48. The molecule has 144 valence electrons. The summed E-state index contributed by atoms with van der Waals surface area (Å²) < 4.78 is 5.15. The highest BCUT2D eigenvalue weighted by atomic mass is 16.5. The molecule has 3 aliphatic heterocycles. The molecule has 3 fully saturated rings. The summed E-state index contributed by atoms with van der Waals surface area (Å²) in [4.78, 5) is 18.9. The van der Waals surface area contributed by atoms with Gasteiger partial charge in [0.25, 0.3) is 0 Å². The molecular formula is C22H28N2O3. The Morgan fingerprint density at radius 3 is 3.07 bits per heavy atom. The molecule has 5 nitrogen and oxygen atoms in total. The zero-order valence-electron chi connectivity index (χ0n) is 15.9. The third-order valence-corrected chi connectivity index (χ3v) is 7.34. The van der Waals surface area contributed by atoms with E-state index in [1.165, 1.54) is 35.7 Å². The van der Waals surface area contributed by atoms with Crippen LogP contribution in [0, 0.1) is 11.8 Å². The molecule has 2 saturated heterocycles. The molecule has 1 aromatic carbocycles. The summed E-state index contributed by atoms with van der Waals surface area (Å²) in [5.41, 5.74) is 3.57. The number of ether oxygens (including phenoxy) is 1. The Morgan fingerprint density at radius 2 is 2.26 bits per heavy atom. The van der Waals surface area contributed by atoms with Crippen molar-refractivity contribution < 1.29 is 14.6 Å². The number of methoxy groups -OCH3 is 1. The highest BCUT2D eigenvalue weighted by Crippen LogP contribution is 2.56. The number of aromatic nitrogens is 1. The molecule has 0 spiro atoms. The fourth-order valence-corrected chi connectivity index (χ4v) is 6.62. The van der Waals surface area contributed by atoms with Crippen LogP contribution in [0.25, 0.3) is 10.9 Å². The number of nitrogens with one attached hydrogen (secondary N) is 1. The number of aliphatic hydroxyl groups excluding tert-OH is 1. The number of benzene rings is 1. The van der Waals surface area contributed by atoms with Crippen molar-refractivity contribution in [3.8, 4) is 0 Å². The highest BCUT2D eigenvalue weighted by Gasteiger charge is 2.59. The second-order valence-electron chi connectivity index (χ2n) is 8.70. The smallest absolute Gasteiger partial charge is 0.306 e. The summed E-state index contributed by atoms with van der Waals surface area (Å²) in [5, 5.41) is 11.0. The van der Waals surface area contributed by atoms with Crippen LogP contribution in [-0.4, -0.2) is 53.8 Å². The van der Waals surface area contributed by atoms with E-state index in [0.717, 1.165) is 32.4 Å². The van der Waals surface area contributed by atoms with Gasteiger partial charge < -0.3 is 14.8 Å². The summed E-state index contributed by atoms with van der Waals surface area (Å²) >= 11 is 0. The van der Waals surface area contributed by atoms with Crippen LogP contribution in [0.15, 0.2) is 24.3 Å². The van der Waals surface area contributed by atoms with Crippen molar-refractivity contribution >= 4 is 16.9 Å². The summed E-state index contributed by atoms with van der Waals surface area (Å²) in [6, 6.07) is 8.80. The third-order valence-electron chi connectivity index (χ3n) is 7.34. The molecule has 0 radical (unpaired) electrons. The number of rotatable bonds is 4. The molecule has 27 heavy (non-hydrogen) atoms. The highest BCUT2D eigenvalue weighted by molar-refractivity contribution is 5.86. The summed E-state index contributed by atoms with van der Waals surface area (Å²) in [7, 11) is 1.49. The lowest BCUT2D eigenvalue weighted by Crippen LogP contribution is -2.65. The van der Waals surface area contributed by atoms with Crippen LogP contribution in [0.3, 0.4) is 0 Å². The number of hydrogen-bond donors (Lipinski definition) is 2. The van der Waals surface area contributed by atoms with Gasteiger partial charge in [-0.05, 0) is 49.1 Å². The number of carbonyl (C=O) groups excluding carboxylic acids is 1. The van der Waals surface area contributed by atoms with E-state index in [0.29, 0.717) is 24.3 Å². The van der Waals surface area contributed by atoms with Crippen LogP contribution in [0.1, 0.15) is 36.9 Å². The molecule has 2 aromatic rings. The topological polar surface area (TPSA) is 65.6 Å². The van der Waals surface area contributed by atoms with Gasteiger partial charge in [0.1, 0.15) is 0 Å². The maximum Gasteiger partial charge on any atom is 0.306 e. The molecule has 1 aliphatic carbocycles. The van der Waals surface area contributed by atoms with E-state index < -0.39 is 0 Å². The Labute approximate surface area is 159 Å². The zero-order valence-corrected chi connectivity index (χ0v) is 15.9. The predicted molar refractivity (Wildman–Crippen MR) is 104 cm³/mol. The Balaban J connectivity index is 1.72. The largest absolute Gasteiger partial charge is 0.469 e. The number of nitrogens with zero attached hydrogens (tertiary/aromatic N) is 1. The number of carbonyl (C=O) groups is 1. The first-order valence-corrected chi connectivity index (χ1v) is 10.2. The average molecular weight is 368 g/mol. The lowest BCUT2D eigenvalue weighted by molar-refractivity contribution is -0.147. The number of H-pyrrole nitrogens is 1. The monoisotopic (exact) mass is 368 g/mol. The normalized spacial score (nSPS) is 34.3. The van der Waals surface area contributed by atoms with Crippen LogP contribution < -0.4 is 0 Å². The Morgan fingerprint density at radius 1 is 1.41 bits per heavy atom. The second kappa shape index (κ2) is 6.35. The minimum atomic E-state index is -0.237. The first-order chi connectivity index (χ1) is 13.2. The summed E-state index contributed by atoms with van der Waals surface area (Å²) in [6.45, 7) is 2.37. The molecule has 5 atom stereocenters. The molecular weight excluding hydrogens is 340 g/mol. The van der Waals surface area contributed by atoms with Crippen molar-refractivity contribution in [1.82, 2.24) is 9.88 Å². The Kier molecular flexibility index (Phi) is 4.06. The van der Waals surface area contributed by atoms with Crippen molar-refractivity contribution in [2.24, 2.45) is 11.8 Å². The van der Waals surface area contributed by atoms with Crippen LogP contribution in [0.4, 0.5) is 0 Å². The second-order valence-corrected chi connectivity index (χ2v) is 8.70. The van der Waals surface area contributed by atoms with Gasteiger partial charge >= 0.3 is 5.97 Å². The van der Waals surface area contributed by atoms with Crippen LogP contribution in [-0.2, 0) is 21.4 Å². The molecule has 5 unspecified atom stereocenters. The van der Waals surface area contributed by atoms with Gasteiger partial charge in [-0.15, -0.1) is 0 Å². The Hall–Kier alpha value is -1.85. The summed E-state index contributed by atoms with van der Waals surface area (Å²) in [6.07, 6.45) is 4.45. The lowest BCUT2D eigenvalue weighted by Gasteiger charge is -2.59. The number of piperidine rings is 2. The number of fused-ring (bicyclic) bond motifs is 4. The molecule has 0 amide bonds. The Bertz CT molecular complexity index is 876. The van der Waals surface area contributed by atoms with Crippen molar-refractivity contribution in [1.29, 1.82) is 0 Å². The molecule has 2 N–H and O–H groups in total. The molecule has 4 bridgehead atoms. The van der Waals surface area contributed by atoms with Gasteiger partial charge in [0, 0.05) is 47.8 Å². The van der Waals surface area contributed by atoms with Gasteiger partial charge in [0.05, 0.1) is 13.5 Å². The quantitative estimate of drug-likeness (QED) is 0.815. The van der Waals surface area contributed by atoms with Crippen LogP contribution in [0.2, 0.25) is 0 Å². The minimum Gasteiger partial charge on any atom is -0.469 e. The van der Waals surface area contributed by atoms with E-state index in [1.807, 2.05) is 0 Å². The van der Waals surface area contributed by atoms with Gasteiger partial charge in [0.15, 0.2) is 0 Å². The van der Waals surface area contributed by atoms with E-state index in [9.17, 15) is 9.90 Å². The van der Waals surface area contributed by atoms with Gasteiger partial charge in [-0.2, -0.15) is 0 Å². The molecule has 1 aromatic heterocycles. The first kappa shape index (κ1) is 17.3. The lowest BCUT2D eigenvalue weighted by atomic mass is 9.55. The number of hydrogen-bond acceptors (Lipinski definition) is 4. The van der Waals surface area contributed by atoms with Crippen molar-refractivity contribution in [3.05, 3.63) is 35.5 Å². The number of aromatic amines is 1. The van der Waals surface area contributed by atoms with Crippen LogP contribution in [0.5, 0.6) is 0 Å². The van der Waals surface area contributed by atoms with Gasteiger partial charge in [0.2, 0.25) is 0 Å². The van der Waals surface area contributed by atoms with E-state index in [1.54, 1.807) is 0 Å². The van der Waals surface area contributed by atoms with E-state index in [2.05, 4.69) is 34.1 Å². The maximum absolute atomic E-state index is 12.5. The zero-order chi connectivity index (χ0) is 18.6. The van der Waals surface area contributed by atoms with Crippen molar-refractivity contribution in [2.45, 2.75) is 43.6 Å². The summed E-state index contributed by atoms with van der Waals surface area (Å²) in [5.74, 6) is 0.884. The van der Waals surface area contributed by atoms with Gasteiger partial charge in [-0.3, -0.25) is 9.69 Å². The first-order valence-electron chi connectivity index (χ1n) is 10.2. The molecule has 5 heteroatoms. The number of aliphatic hydroxyl groups is 1. The predicted octanol–water partition coefficient (Wildman–Crippen LogP) is 2.62. The van der Waals surface area contributed by atoms with Gasteiger partial charge in [-0.1, -0.05) is 18.2 Å².